The van der Waals surface area contributed by atoms with Crippen molar-refractivity contribution in [2.45, 2.75) is 39.2 Å². The van der Waals surface area contributed by atoms with E-state index in [-0.39, 0.29) is 0 Å². The van der Waals surface area contributed by atoms with E-state index < -0.39 is 11.7 Å². The quantitative estimate of drug-likeness (QED) is 0.834. The molecule has 102 valence electrons. The molecule has 1 heterocycles. The van der Waals surface area contributed by atoms with Crippen LogP contribution in [0.25, 0.3) is 0 Å². The van der Waals surface area contributed by atoms with Gasteiger partial charge in [0.15, 0.2) is 0 Å². The Labute approximate surface area is 113 Å². The maximum Gasteiger partial charge on any atom is 0.412 e. The third-order valence-corrected chi connectivity index (χ3v) is 2.63. The number of fused-ring (bicyclic) bond motifs is 1. The molecular formula is C15H19NO3. The van der Waals surface area contributed by atoms with E-state index in [4.69, 9.17) is 9.47 Å². The van der Waals surface area contributed by atoms with Crippen LogP contribution in [0, 0.1) is 0 Å². The molecule has 1 aliphatic rings. The second kappa shape index (κ2) is 4.96. The van der Waals surface area contributed by atoms with Crippen LogP contribution in [-0.2, 0) is 11.2 Å². The molecule has 0 saturated carbocycles. The molecule has 1 aromatic carbocycles. The van der Waals surface area contributed by atoms with Crippen LogP contribution < -0.4 is 10.1 Å². The van der Waals surface area contributed by atoms with Gasteiger partial charge in [-0.2, -0.15) is 0 Å². The maximum absolute atomic E-state index is 11.7. The monoisotopic (exact) mass is 261 g/mol. The van der Waals surface area contributed by atoms with Crippen LogP contribution in [-0.4, -0.2) is 11.7 Å². The summed E-state index contributed by atoms with van der Waals surface area (Å²) in [7, 11) is 0. The third kappa shape index (κ3) is 3.74. The lowest BCUT2D eigenvalue weighted by atomic mass is 10.0. The summed E-state index contributed by atoms with van der Waals surface area (Å²) in [5, 5.41) is 2.72. The normalized spacial score (nSPS) is 14.4. The first kappa shape index (κ1) is 13.5. The number of hydrogen-bond acceptors (Lipinski definition) is 3. The molecule has 0 saturated heterocycles. The van der Waals surface area contributed by atoms with Crippen molar-refractivity contribution in [3.8, 4) is 5.75 Å². The standard InChI is InChI=1S/C15H19NO3/c1-10-5-6-11-9-12(7-8-13(11)18-10)16-14(17)19-15(2,3)4/h7-9H,1,5-6H2,2-4H3,(H,16,17). The van der Waals surface area contributed by atoms with Crippen LogP contribution in [0.2, 0.25) is 0 Å². The molecule has 4 nitrogen and oxygen atoms in total. The van der Waals surface area contributed by atoms with Crippen LogP contribution in [0.1, 0.15) is 32.8 Å². The fourth-order valence-electron chi connectivity index (χ4n) is 1.85. The first-order valence-corrected chi connectivity index (χ1v) is 6.32. The van der Waals surface area contributed by atoms with E-state index in [2.05, 4.69) is 11.9 Å². The largest absolute Gasteiger partial charge is 0.462 e. The molecule has 0 aromatic heterocycles. The van der Waals surface area contributed by atoms with Crippen molar-refractivity contribution in [3.05, 3.63) is 36.1 Å². The Balaban J connectivity index is 2.06. The molecule has 0 radical (unpaired) electrons. The van der Waals surface area contributed by atoms with E-state index in [1.165, 1.54) is 0 Å². The Morgan fingerprint density at radius 3 is 2.79 bits per heavy atom. The van der Waals surface area contributed by atoms with Crippen molar-refractivity contribution in [2.24, 2.45) is 0 Å². The summed E-state index contributed by atoms with van der Waals surface area (Å²) in [6.07, 6.45) is 1.23. The molecule has 1 aromatic rings. The first-order chi connectivity index (χ1) is 8.83. The fourth-order valence-corrected chi connectivity index (χ4v) is 1.85. The van der Waals surface area contributed by atoms with Crippen LogP contribution in [0.3, 0.4) is 0 Å². The van der Waals surface area contributed by atoms with Crippen LogP contribution in [0.15, 0.2) is 30.5 Å². The predicted octanol–water partition coefficient (Wildman–Crippen LogP) is 3.87. The summed E-state index contributed by atoms with van der Waals surface area (Å²) in [6.45, 7) is 9.31. The number of benzene rings is 1. The minimum absolute atomic E-state index is 0.450. The topological polar surface area (TPSA) is 47.6 Å². The molecule has 1 amide bonds. The average molecular weight is 261 g/mol. The summed E-state index contributed by atoms with van der Waals surface area (Å²) in [6, 6.07) is 5.54. The zero-order valence-electron chi connectivity index (χ0n) is 11.6. The van der Waals surface area contributed by atoms with Gasteiger partial charge in [0.05, 0.1) is 5.76 Å². The van der Waals surface area contributed by atoms with Crippen molar-refractivity contribution < 1.29 is 14.3 Å². The van der Waals surface area contributed by atoms with Gasteiger partial charge in [0.25, 0.3) is 0 Å². The highest BCUT2D eigenvalue weighted by Crippen LogP contribution is 2.31. The van der Waals surface area contributed by atoms with Gasteiger partial charge in [-0.05, 0) is 51.0 Å². The lowest BCUT2D eigenvalue weighted by molar-refractivity contribution is 0.0636. The average Bonchev–Trinajstić information content (AvgIpc) is 2.26. The van der Waals surface area contributed by atoms with Crippen molar-refractivity contribution in [1.29, 1.82) is 0 Å². The summed E-state index contributed by atoms with van der Waals surface area (Å²) in [5.41, 5.74) is 1.28. The SMILES string of the molecule is C=C1CCc2cc(NC(=O)OC(C)(C)C)ccc2O1. The number of ether oxygens (including phenoxy) is 2. The van der Waals surface area contributed by atoms with E-state index >= 15 is 0 Å². The third-order valence-electron chi connectivity index (χ3n) is 2.63. The van der Waals surface area contributed by atoms with Gasteiger partial charge in [-0.1, -0.05) is 6.58 Å². The van der Waals surface area contributed by atoms with Crippen molar-refractivity contribution in [3.63, 3.8) is 0 Å². The zero-order chi connectivity index (χ0) is 14.0. The molecule has 1 aliphatic heterocycles. The van der Waals surface area contributed by atoms with Gasteiger partial charge in [0, 0.05) is 12.1 Å². The van der Waals surface area contributed by atoms with E-state index in [0.29, 0.717) is 5.69 Å². The molecule has 0 aliphatic carbocycles. The molecule has 0 atom stereocenters. The highest BCUT2D eigenvalue weighted by Gasteiger charge is 2.18. The summed E-state index contributed by atoms with van der Waals surface area (Å²) >= 11 is 0. The summed E-state index contributed by atoms with van der Waals surface area (Å²) < 4.78 is 10.7. The Morgan fingerprint density at radius 2 is 2.11 bits per heavy atom. The molecule has 4 heteroatoms. The van der Waals surface area contributed by atoms with E-state index in [9.17, 15) is 4.79 Å². The van der Waals surface area contributed by atoms with Crippen LogP contribution in [0.5, 0.6) is 5.75 Å². The zero-order valence-corrected chi connectivity index (χ0v) is 11.6. The molecule has 0 spiro atoms. The Morgan fingerprint density at radius 1 is 1.37 bits per heavy atom. The number of carbonyl (C=O) groups is 1. The molecule has 0 fully saturated rings. The Hall–Kier alpha value is -1.97. The van der Waals surface area contributed by atoms with Gasteiger partial charge in [-0.3, -0.25) is 5.32 Å². The van der Waals surface area contributed by atoms with Gasteiger partial charge in [0.1, 0.15) is 11.4 Å². The second-order valence-corrected chi connectivity index (χ2v) is 5.59. The second-order valence-electron chi connectivity index (χ2n) is 5.59. The van der Waals surface area contributed by atoms with E-state index in [1.807, 2.05) is 32.9 Å². The van der Waals surface area contributed by atoms with Gasteiger partial charge in [0.2, 0.25) is 0 Å². The van der Waals surface area contributed by atoms with Gasteiger partial charge in [-0.25, -0.2) is 4.79 Å². The highest BCUT2D eigenvalue weighted by molar-refractivity contribution is 5.85. The number of rotatable bonds is 1. The first-order valence-electron chi connectivity index (χ1n) is 6.32. The minimum Gasteiger partial charge on any atom is -0.462 e. The van der Waals surface area contributed by atoms with E-state index in [1.54, 1.807) is 6.07 Å². The summed E-state index contributed by atoms with van der Waals surface area (Å²) in [4.78, 5) is 11.7. The molecule has 0 unspecified atom stereocenters. The molecule has 2 rings (SSSR count). The Kier molecular flexibility index (Phi) is 3.51. The van der Waals surface area contributed by atoms with Gasteiger partial charge in [-0.15, -0.1) is 0 Å². The van der Waals surface area contributed by atoms with Crippen molar-refractivity contribution >= 4 is 11.8 Å². The van der Waals surface area contributed by atoms with Gasteiger partial charge >= 0.3 is 6.09 Å². The lowest BCUT2D eigenvalue weighted by Gasteiger charge is -2.21. The number of aryl methyl sites for hydroxylation is 1. The fraction of sp³-hybridized carbons (Fsp3) is 0.400. The molecule has 0 bridgehead atoms. The minimum atomic E-state index is -0.501. The number of anilines is 1. The number of amides is 1. The summed E-state index contributed by atoms with van der Waals surface area (Å²) in [5.74, 6) is 1.59. The maximum atomic E-state index is 11.7. The highest BCUT2D eigenvalue weighted by atomic mass is 16.6. The van der Waals surface area contributed by atoms with Crippen LogP contribution in [0.4, 0.5) is 10.5 Å². The van der Waals surface area contributed by atoms with Crippen molar-refractivity contribution in [2.75, 3.05) is 5.32 Å². The predicted molar refractivity (Wildman–Crippen MR) is 74.4 cm³/mol. The molecule has 19 heavy (non-hydrogen) atoms. The lowest BCUT2D eigenvalue weighted by Crippen LogP contribution is -2.27. The smallest absolute Gasteiger partial charge is 0.412 e. The Bertz CT molecular complexity index is 515. The molecular weight excluding hydrogens is 242 g/mol. The molecule has 1 N–H and O–H groups in total. The van der Waals surface area contributed by atoms with Gasteiger partial charge < -0.3 is 9.47 Å². The number of hydrogen-bond donors (Lipinski definition) is 1. The number of nitrogens with one attached hydrogen (secondary N) is 1. The number of carbonyl (C=O) groups excluding carboxylic acids is 1. The van der Waals surface area contributed by atoms with Crippen LogP contribution >= 0.6 is 0 Å². The van der Waals surface area contributed by atoms with E-state index in [0.717, 1.165) is 29.9 Å². The number of allylic oxidation sites excluding steroid dienone is 1. The van der Waals surface area contributed by atoms with Crippen molar-refractivity contribution in [1.82, 2.24) is 0 Å².